The van der Waals surface area contributed by atoms with E-state index in [1.165, 1.54) is 0 Å². The van der Waals surface area contributed by atoms with Crippen molar-refractivity contribution in [1.82, 2.24) is 15.0 Å². The van der Waals surface area contributed by atoms with Crippen molar-refractivity contribution in [3.63, 3.8) is 0 Å². The molecule has 138 valence electrons. The fourth-order valence-corrected chi connectivity index (χ4v) is 3.54. The highest BCUT2D eigenvalue weighted by atomic mass is 35.5. The summed E-state index contributed by atoms with van der Waals surface area (Å²) in [6.45, 7) is 2.35. The van der Waals surface area contributed by atoms with E-state index in [1.54, 1.807) is 23.1 Å². The molecule has 2 aromatic carbocycles. The maximum absolute atomic E-state index is 12.7. The quantitative estimate of drug-likeness (QED) is 0.662. The number of rotatable bonds is 3. The number of nitrogens with zero attached hydrogens (tertiary/aromatic N) is 4. The van der Waals surface area contributed by atoms with Crippen molar-refractivity contribution in [2.75, 3.05) is 31.1 Å². The second-order valence-corrected chi connectivity index (χ2v) is 7.08. The van der Waals surface area contributed by atoms with E-state index in [2.05, 4.69) is 10.1 Å². The van der Waals surface area contributed by atoms with Gasteiger partial charge in [-0.2, -0.15) is 4.98 Å². The maximum atomic E-state index is 12.7. The summed E-state index contributed by atoms with van der Waals surface area (Å²) >= 11 is 12.0. The molecule has 4 rings (SSSR count). The summed E-state index contributed by atoms with van der Waals surface area (Å²) in [7, 11) is 0. The minimum Gasteiger partial charge on any atom is -0.335 e. The standard InChI is InChI=1S/C19H16Cl2N4O2/c20-15-10-14(11-16(21)12-15)18(26)24-6-8-25(9-7-24)19-22-17(27-23-19)13-4-2-1-3-5-13/h1-5,10-12H,6-9H2. The predicted octanol–water partition coefficient (Wildman–Crippen LogP) is 4.01. The number of piperazine rings is 1. The van der Waals surface area contributed by atoms with Gasteiger partial charge in [-0.15, -0.1) is 0 Å². The highest BCUT2D eigenvalue weighted by Crippen LogP contribution is 2.23. The Morgan fingerprint density at radius 3 is 2.30 bits per heavy atom. The summed E-state index contributed by atoms with van der Waals surface area (Å²) < 4.78 is 5.36. The maximum Gasteiger partial charge on any atom is 0.266 e. The smallest absolute Gasteiger partial charge is 0.266 e. The van der Waals surface area contributed by atoms with Gasteiger partial charge >= 0.3 is 0 Å². The van der Waals surface area contributed by atoms with Crippen molar-refractivity contribution in [2.45, 2.75) is 0 Å². The highest BCUT2D eigenvalue weighted by Gasteiger charge is 2.25. The third kappa shape index (κ3) is 3.91. The first-order chi connectivity index (χ1) is 13.1. The normalized spacial score (nSPS) is 14.4. The number of hydrogen-bond acceptors (Lipinski definition) is 5. The van der Waals surface area contributed by atoms with Crippen LogP contribution in [0.15, 0.2) is 53.1 Å². The molecule has 0 atom stereocenters. The van der Waals surface area contributed by atoms with E-state index in [0.29, 0.717) is 53.6 Å². The van der Waals surface area contributed by atoms with Gasteiger partial charge in [-0.3, -0.25) is 4.79 Å². The Bertz CT molecular complexity index is 933. The molecule has 6 nitrogen and oxygen atoms in total. The molecule has 2 heterocycles. The summed E-state index contributed by atoms with van der Waals surface area (Å²) in [6.07, 6.45) is 0. The third-order valence-electron chi connectivity index (χ3n) is 4.40. The number of carbonyl (C=O) groups excluding carboxylic acids is 1. The highest BCUT2D eigenvalue weighted by molar-refractivity contribution is 6.35. The molecule has 8 heteroatoms. The van der Waals surface area contributed by atoms with Crippen LogP contribution in [0.1, 0.15) is 10.4 Å². The molecule has 1 amide bonds. The van der Waals surface area contributed by atoms with Gasteiger partial charge in [0.15, 0.2) is 0 Å². The molecule has 1 aliphatic rings. The van der Waals surface area contributed by atoms with Crippen LogP contribution in [-0.4, -0.2) is 47.1 Å². The van der Waals surface area contributed by atoms with Crippen molar-refractivity contribution in [3.8, 4) is 11.5 Å². The molecule has 0 bridgehead atoms. The second-order valence-electron chi connectivity index (χ2n) is 6.20. The molecule has 0 spiro atoms. The van der Waals surface area contributed by atoms with Crippen molar-refractivity contribution < 1.29 is 9.32 Å². The Morgan fingerprint density at radius 1 is 0.963 bits per heavy atom. The number of aromatic nitrogens is 2. The minimum absolute atomic E-state index is 0.0860. The van der Waals surface area contributed by atoms with Gasteiger partial charge in [-0.05, 0) is 35.5 Å². The summed E-state index contributed by atoms with van der Waals surface area (Å²) in [5.74, 6) is 0.932. The first kappa shape index (κ1) is 17.8. The van der Waals surface area contributed by atoms with Gasteiger partial charge in [0.25, 0.3) is 17.7 Å². The molecule has 0 N–H and O–H groups in total. The first-order valence-electron chi connectivity index (χ1n) is 8.49. The van der Waals surface area contributed by atoms with Crippen LogP contribution in [0.3, 0.4) is 0 Å². The molecule has 0 saturated carbocycles. The van der Waals surface area contributed by atoms with E-state index in [4.69, 9.17) is 27.7 Å². The van der Waals surface area contributed by atoms with E-state index in [1.807, 2.05) is 35.2 Å². The molecule has 27 heavy (non-hydrogen) atoms. The number of amides is 1. The van der Waals surface area contributed by atoms with Gasteiger partial charge in [0.1, 0.15) is 0 Å². The van der Waals surface area contributed by atoms with Crippen molar-refractivity contribution in [1.29, 1.82) is 0 Å². The number of benzene rings is 2. The van der Waals surface area contributed by atoms with Crippen molar-refractivity contribution >= 4 is 35.1 Å². The van der Waals surface area contributed by atoms with E-state index in [0.717, 1.165) is 5.56 Å². The van der Waals surface area contributed by atoms with Crippen LogP contribution in [-0.2, 0) is 0 Å². The Hall–Kier alpha value is -2.57. The lowest BCUT2D eigenvalue weighted by Crippen LogP contribution is -2.49. The number of hydrogen-bond donors (Lipinski definition) is 0. The van der Waals surface area contributed by atoms with E-state index >= 15 is 0 Å². The molecule has 1 aromatic heterocycles. The first-order valence-corrected chi connectivity index (χ1v) is 9.25. The predicted molar refractivity (Wildman–Crippen MR) is 104 cm³/mol. The van der Waals surface area contributed by atoms with Gasteiger partial charge in [0.05, 0.1) is 0 Å². The van der Waals surface area contributed by atoms with Crippen LogP contribution >= 0.6 is 23.2 Å². The van der Waals surface area contributed by atoms with Crippen LogP contribution in [0.4, 0.5) is 5.95 Å². The molecular formula is C19H16Cl2N4O2. The van der Waals surface area contributed by atoms with Crippen LogP contribution < -0.4 is 4.90 Å². The molecular weight excluding hydrogens is 387 g/mol. The Labute approximate surface area is 166 Å². The topological polar surface area (TPSA) is 62.5 Å². The Kier molecular flexibility index (Phi) is 5.01. The second kappa shape index (κ2) is 7.58. The van der Waals surface area contributed by atoms with Crippen molar-refractivity contribution in [2.24, 2.45) is 0 Å². The minimum atomic E-state index is -0.0860. The van der Waals surface area contributed by atoms with Crippen LogP contribution in [0.25, 0.3) is 11.5 Å². The lowest BCUT2D eigenvalue weighted by Gasteiger charge is -2.34. The van der Waals surface area contributed by atoms with E-state index < -0.39 is 0 Å². The average molecular weight is 403 g/mol. The molecule has 1 aliphatic heterocycles. The van der Waals surface area contributed by atoms with Gasteiger partial charge < -0.3 is 14.3 Å². The monoisotopic (exact) mass is 402 g/mol. The molecule has 3 aromatic rings. The van der Waals surface area contributed by atoms with Gasteiger partial charge in [0, 0.05) is 47.4 Å². The third-order valence-corrected chi connectivity index (χ3v) is 4.83. The lowest BCUT2D eigenvalue weighted by atomic mass is 10.2. The molecule has 1 saturated heterocycles. The zero-order valence-electron chi connectivity index (χ0n) is 14.3. The SMILES string of the molecule is O=C(c1cc(Cl)cc(Cl)c1)N1CCN(c2noc(-c3ccccc3)n2)CC1. The van der Waals surface area contributed by atoms with E-state index in [9.17, 15) is 4.79 Å². The van der Waals surface area contributed by atoms with Gasteiger partial charge in [-0.1, -0.05) is 41.4 Å². The van der Waals surface area contributed by atoms with Crippen LogP contribution in [0.2, 0.25) is 10.0 Å². The molecule has 0 aliphatic carbocycles. The summed E-state index contributed by atoms with van der Waals surface area (Å²) in [5, 5.41) is 4.97. The van der Waals surface area contributed by atoms with Crippen molar-refractivity contribution in [3.05, 3.63) is 64.1 Å². The number of anilines is 1. The summed E-state index contributed by atoms with van der Waals surface area (Å²) in [5.41, 5.74) is 1.37. The van der Waals surface area contributed by atoms with Gasteiger partial charge in [0.2, 0.25) is 0 Å². The average Bonchev–Trinajstić information content (AvgIpc) is 3.18. The molecule has 0 radical (unpaired) electrons. The number of carbonyl (C=O) groups is 1. The summed E-state index contributed by atoms with van der Waals surface area (Å²) in [4.78, 5) is 20.9. The van der Waals surface area contributed by atoms with E-state index in [-0.39, 0.29) is 5.91 Å². The van der Waals surface area contributed by atoms with Crippen LogP contribution in [0, 0.1) is 0 Å². The van der Waals surface area contributed by atoms with Gasteiger partial charge in [-0.25, -0.2) is 0 Å². The fourth-order valence-electron chi connectivity index (χ4n) is 3.01. The largest absolute Gasteiger partial charge is 0.335 e. The molecule has 0 unspecified atom stereocenters. The lowest BCUT2D eigenvalue weighted by molar-refractivity contribution is 0.0746. The van der Waals surface area contributed by atoms with Crippen LogP contribution in [0.5, 0.6) is 0 Å². The molecule has 1 fully saturated rings. The summed E-state index contributed by atoms with van der Waals surface area (Å²) in [6, 6.07) is 14.5. The Morgan fingerprint density at radius 2 is 1.63 bits per heavy atom. The zero-order valence-corrected chi connectivity index (χ0v) is 15.8. The number of halogens is 2. The fraction of sp³-hybridized carbons (Fsp3) is 0.211. The Balaban J connectivity index is 1.42. The zero-order chi connectivity index (χ0) is 18.8.